The zero-order chi connectivity index (χ0) is 20.6. The Bertz CT molecular complexity index is 922. The highest BCUT2D eigenvalue weighted by Gasteiger charge is 2.09. The van der Waals surface area contributed by atoms with Crippen molar-refractivity contribution in [1.29, 1.82) is 0 Å². The lowest BCUT2D eigenvalue weighted by Gasteiger charge is -2.22. The first kappa shape index (κ1) is 20.7. The van der Waals surface area contributed by atoms with Crippen molar-refractivity contribution in [2.45, 2.75) is 33.2 Å². The van der Waals surface area contributed by atoms with E-state index >= 15 is 0 Å². The van der Waals surface area contributed by atoms with Gasteiger partial charge in [-0.1, -0.05) is 18.2 Å². The summed E-state index contributed by atoms with van der Waals surface area (Å²) >= 11 is 0. The number of rotatable bonds is 8. The number of nitrogens with one attached hydrogen (secondary N) is 1. The second kappa shape index (κ2) is 9.96. The number of benzene rings is 1. The Balaban J connectivity index is 1.57. The molecular formula is C23H32N6. The largest absolute Gasteiger partial charge is 0.357 e. The fraction of sp³-hybridized carbons (Fsp3) is 0.391. The molecule has 29 heavy (non-hydrogen) atoms. The molecule has 2 aromatic heterocycles. The Morgan fingerprint density at radius 2 is 1.97 bits per heavy atom. The molecule has 0 amide bonds. The molecular weight excluding hydrogens is 360 g/mol. The Labute approximate surface area is 173 Å². The van der Waals surface area contributed by atoms with E-state index in [4.69, 9.17) is 4.99 Å². The fourth-order valence-corrected chi connectivity index (χ4v) is 3.36. The van der Waals surface area contributed by atoms with Crippen molar-refractivity contribution >= 4 is 5.96 Å². The molecule has 0 spiro atoms. The van der Waals surface area contributed by atoms with E-state index < -0.39 is 0 Å². The summed E-state index contributed by atoms with van der Waals surface area (Å²) in [5, 5.41) is 8.06. The van der Waals surface area contributed by atoms with E-state index in [1.165, 1.54) is 11.3 Å². The number of aryl methyl sites for hydroxylation is 3. The molecule has 6 nitrogen and oxygen atoms in total. The molecule has 154 valence electrons. The third-order valence-corrected chi connectivity index (χ3v) is 5.03. The van der Waals surface area contributed by atoms with Crippen molar-refractivity contribution < 1.29 is 0 Å². The number of aromatic nitrogens is 3. The molecule has 2 heterocycles. The van der Waals surface area contributed by atoms with Gasteiger partial charge in [0.1, 0.15) is 0 Å². The second-order valence-electron chi connectivity index (χ2n) is 7.33. The molecule has 0 unspecified atom stereocenters. The number of hydrogen-bond donors (Lipinski definition) is 1. The van der Waals surface area contributed by atoms with Crippen LogP contribution in [0.5, 0.6) is 0 Å². The summed E-state index contributed by atoms with van der Waals surface area (Å²) in [6, 6.07) is 14.5. The fourth-order valence-electron chi connectivity index (χ4n) is 3.36. The average Bonchev–Trinajstić information content (AvgIpc) is 3.30. The predicted molar refractivity (Wildman–Crippen MR) is 119 cm³/mol. The number of para-hydroxylation sites is 1. The first-order chi connectivity index (χ1) is 14.1. The van der Waals surface area contributed by atoms with Crippen LogP contribution in [0, 0.1) is 6.92 Å². The SMILES string of the molecule is CCNC(=NCCCc1cn(-c2ccccc2)nc1C)N(C)Cc1cccn1C. The molecule has 0 saturated heterocycles. The van der Waals surface area contributed by atoms with Crippen LogP contribution in [0.1, 0.15) is 30.3 Å². The van der Waals surface area contributed by atoms with Crippen molar-refractivity contribution in [3.8, 4) is 5.69 Å². The van der Waals surface area contributed by atoms with Crippen molar-refractivity contribution in [2.24, 2.45) is 12.0 Å². The monoisotopic (exact) mass is 392 g/mol. The maximum Gasteiger partial charge on any atom is 0.194 e. The van der Waals surface area contributed by atoms with Crippen LogP contribution in [0.15, 0.2) is 59.9 Å². The topological polar surface area (TPSA) is 50.4 Å². The van der Waals surface area contributed by atoms with Crippen LogP contribution in [0.3, 0.4) is 0 Å². The summed E-state index contributed by atoms with van der Waals surface area (Å²) in [5.74, 6) is 0.949. The van der Waals surface area contributed by atoms with E-state index in [1.807, 2.05) is 22.9 Å². The van der Waals surface area contributed by atoms with Gasteiger partial charge in [0.25, 0.3) is 0 Å². The average molecular weight is 393 g/mol. The predicted octanol–water partition coefficient (Wildman–Crippen LogP) is 3.55. The summed E-state index contributed by atoms with van der Waals surface area (Å²) in [7, 11) is 4.16. The molecule has 0 bridgehead atoms. The van der Waals surface area contributed by atoms with Gasteiger partial charge >= 0.3 is 0 Å². The van der Waals surface area contributed by atoms with E-state index in [9.17, 15) is 0 Å². The van der Waals surface area contributed by atoms with Crippen LogP contribution in [-0.2, 0) is 20.0 Å². The van der Waals surface area contributed by atoms with Gasteiger partial charge < -0.3 is 14.8 Å². The molecule has 0 saturated carbocycles. The minimum absolute atomic E-state index is 0.787. The van der Waals surface area contributed by atoms with Crippen molar-refractivity contribution in [3.05, 3.63) is 71.8 Å². The van der Waals surface area contributed by atoms with E-state index in [2.05, 4.69) is 84.5 Å². The van der Waals surface area contributed by atoms with Gasteiger partial charge in [-0.25, -0.2) is 4.68 Å². The molecule has 0 atom stereocenters. The smallest absolute Gasteiger partial charge is 0.194 e. The van der Waals surface area contributed by atoms with Gasteiger partial charge in [0, 0.05) is 45.3 Å². The van der Waals surface area contributed by atoms with Gasteiger partial charge in [-0.2, -0.15) is 5.10 Å². The van der Waals surface area contributed by atoms with Crippen molar-refractivity contribution in [1.82, 2.24) is 24.6 Å². The van der Waals surface area contributed by atoms with Crippen LogP contribution in [0.25, 0.3) is 5.69 Å². The normalized spacial score (nSPS) is 11.7. The standard InChI is InChI=1S/C23H32N6/c1-5-24-23(28(4)18-22-14-10-16-27(22)3)25-15-9-11-20-17-29(26-19(20)2)21-12-7-6-8-13-21/h6-8,10,12-14,16-17H,5,9,11,15,18H2,1-4H3,(H,24,25). The molecule has 0 radical (unpaired) electrons. The van der Waals surface area contributed by atoms with Crippen LogP contribution >= 0.6 is 0 Å². The third kappa shape index (κ3) is 5.50. The third-order valence-electron chi connectivity index (χ3n) is 5.03. The van der Waals surface area contributed by atoms with Crippen molar-refractivity contribution in [3.63, 3.8) is 0 Å². The summed E-state index contributed by atoms with van der Waals surface area (Å²) < 4.78 is 4.11. The number of nitrogens with zero attached hydrogens (tertiary/aromatic N) is 5. The van der Waals surface area contributed by atoms with Gasteiger partial charge in [-0.3, -0.25) is 4.99 Å². The molecule has 1 N–H and O–H groups in total. The quantitative estimate of drug-likeness (QED) is 0.362. The molecule has 3 aromatic rings. The number of aliphatic imine (C=N–C) groups is 1. The van der Waals surface area contributed by atoms with Gasteiger partial charge in [0.15, 0.2) is 5.96 Å². The zero-order valence-corrected chi connectivity index (χ0v) is 18.0. The Morgan fingerprint density at radius 1 is 1.17 bits per heavy atom. The molecule has 0 aliphatic rings. The number of guanidine groups is 1. The highest BCUT2D eigenvalue weighted by Crippen LogP contribution is 2.13. The summed E-state index contributed by atoms with van der Waals surface area (Å²) in [6.07, 6.45) is 6.18. The molecule has 6 heteroatoms. The number of hydrogen-bond acceptors (Lipinski definition) is 2. The van der Waals surface area contributed by atoms with Crippen molar-refractivity contribution in [2.75, 3.05) is 20.1 Å². The van der Waals surface area contributed by atoms with Crippen LogP contribution in [-0.4, -0.2) is 45.3 Å². The van der Waals surface area contributed by atoms with Gasteiger partial charge in [0.05, 0.1) is 17.9 Å². The lowest BCUT2D eigenvalue weighted by atomic mass is 10.1. The molecule has 0 aliphatic carbocycles. The van der Waals surface area contributed by atoms with Crippen LogP contribution in [0.4, 0.5) is 0 Å². The minimum Gasteiger partial charge on any atom is -0.357 e. The molecule has 0 fully saturated rings. The second-order valence-corrected chi connectivity index (χ2v) is 7.33. The van der Waals surface area contributed by atoms with Crippen LogP contribution < -0.4 is 5.32 Å². The van der Waals surface area contributed by atoms with Crippen LogP contribution in [0.2, 0.25) is 0 Å². The first-order valence-corrected chi connectivity index (χ1v) is 10.3. The summed E-state index contributed by atoms with van der Waals surface area (Å²) in [5.41, 5.74) is 4.73. The summed E-state index contributed by atoms with van der Waals surface area (Å²) in [6.45, 7) is 6.66. The minimum atomic E-state index is 0.787. The lowest BCUT2D eigenvalue weighted by molar-refractivity contribution is 0.461. The highest BCUT2D eigenvalue weighted by molar-refractivity contribution is 5.79. The highest BCUT2D eigenvalue weighted by atomic mass is 15.3. The van der Waals surface area contributed by atoms with E-state index in [1.54, 1.807) is 0 Å². The van der Waals surface area contributed by atoms with E-state index in [-0.39, 0.29) is 0 Å². The van der Waals surface area contributed by atoms with E-state index in [0.717, 1.165) is 49.8 Å². The molecule has 0 aliphatic heterocycles. The summed E-state index contributed by atoms with van der Waals surface area (Å²) in [4.78, 5) is 7.01. The maximum absolute atomic E-state index is 4.83. The maximum atomic E-state index is 4.83. The Morgan fingerprint density at radius 3 is 2.66 bits per heavy atom. The first-order valence-electron chi connectivity index (χ1n) is 10.3. The van der Waals surface area contributed by atoms with E-state index in [0.29, 0.717) is 0 Å². The Kier molecular flexibility index (Phi) is 7.11. The van der Waals surface area contributed by atoms with Gasteiger partial charge in [-0.05, 0) is 56.5 Å². The molecule has 3 rings (SSSR count). The zero-order valence-electron chi connectivity index (χ0n) is 18.0. The van der Waals surface area contributed by atoms with Gasteiger partial charge in [0.2, 0.25) is 0 Å². The Hall–Kier alpha value is -3.02. The van der Waals surface area contributed by atoms with Gasteiger partial charge in [-0.15, -0.1) is 0 Å². The molecule has 1 aromatic carbocycles. The lowest BCUT2D eigenvalue weighted by Crippen LogP contribution is -2.38.